The molecule has 0 aromatic rings. The van der Waals surface area contributed by atoms with Gasteiger partial charge in [0, 0.05) is 12.3 Å². The Hall–Kier alpha value is -0.0800. The smallest absolute Gasteiger partial charge is 0.0939 e. The van der Waals surface area contributed by atoms with Crippen LogP contribution >= 0.6 is 0 Å². The highest BCUT2D eigenvalue weighted by atomic mass is 16.3. The minimum Gasteiger partial charge on any atom is -0.396 e. The zero-order chi connectivity index (χ0) is 9.31. The van der Waals surface area contributed by atoms with Gasteiger partial charge in [0.1, 0.15) is 0 Å². The van der Waals surface area contributed by atoms with Gasteiger partial charge in [-0.1, -0.05) is 0 Å². The molecule has 0 radical (unpaired) electrons. The third-order valence-corrected chi connectivity index (χ3v) is 4.24. The highest BCUT2D eigenvalue weighted by Gasteiger charge is 2.42. The Labute approximate surface area is 81.1 Å². The van der Waals surface area contributed by atoms with Crippen LogP contribution in [-0.4, -0.2) is 42.4 Å². The Morgan fingerprint density at radius 3 is 2.69 bits per heavy atom. The zero-order valence-corrected chi connectivity index (χ0v) is 8.71. The van der Waals surface area contributed by atoms with Gasteiger partial charge in [0.2, 0.25) is 0 Å². The molecule has 13 heavy (non-hydrogen) atoms. The minimum absolute atomic E-state index is 0.415. The summed E-state index contributed by atoms with van der Waals surface area (Å²) >= 11 is 0. The van der Waals surface area contributed by atoms with Gasteiger partial charge in [-0.15, -0.1) is 0 Å². The van der Waals surface area contributed by atoms with E-state index in [-0.39, 0.29) is 0 Å². The highest BCUT2D eigenvalue weighted by molar-refractivity contribution is 4.77. The molecule has 0 saturated carbocycles. The summed E-state index contributed by atoms with van der Waals surface area (Å²) in [6.45, 7) is 3.11. The number of quaternary nitrogens is 1. The van der Waals surface area contributed by atoms with Gasteiger partial charge >= 0.3 is 0 Å². The Kier molecular flexibility index (Phi) is 2.61. The van der Waals surface area contributed by atoms with E-state index < -0.39 is 0 Å². The number of hydrogen-bond acceptors (Lipinski definition) is 1. The Morgan fingerprint density at radius 1 is 1.15 bits per heavy atom. The molecule has 0 unspecified atom stereocenters. The molecule has 2 saturated heterocycles. The maximum Gasteiger partial charge on any atom is 0.0939 e. The van der Waals surface area contributed by atoms with Crippen LogP contribution in [0.5, 0.6) is 0 Å². The van der Waals surface area contributed by atoms with Crippen molar-refractivity contribution in [2.45, 2.75) is 38.1 Å². The van der Waals surface area contributed by atoms with E-state index in [9.17, 15) is 5.11 Å². The minimum atomic E-state index is 0.415. The van der Waals surface area contributed by atoms with Crippen LogP contribution in [0.1, 0.15) is 32.1 Å². The van der Waals surface area contributed by atoms with Gasteiger partial charge < -0.3 is 9.59 Å². The molecule has 2 aliphatic rings. The second kappa shape index (κ2) is 3.58. The zero-order valence-electron chi connectivity index (χ0n) is 8.71. The fourth-order valence-corrected chi connectivity index (χ4v) is 3.45. The van der Waals surface area contributed by atoms with Crippen LogP contribution in [0.3, 0.4) is 0 Å². The molecule has 76 valence electrons. The molecular formula is C11H22NO+. The first kappa shape index (κ1) is 9.47. The summed E-state index contributed by atoms with van der Waals surface area (Å²) in [5.41, 5.74) is 0. The number of hydrogen-bond donors (Lipinski definition) is 1. The average Bonchev–Trinajstić information content (AvgIpc) is 2.15. The van der Waals surface area contributed by atoms with Crippen molar-refractivity contribution in [2.24, 2.45) is 5.92 Å². The number of fused-ring (bicyclic) bond motifs is 1. The van der Waals surface area contributed by atoms with Crippen molar-refractivity contribution in [3.05, 3.63) is 0 Å². The van der Waals surface area contributed by atoms with Gasteiger partial charge in [0.15, 0.2) is 0 Å². The number of rotatable bonds is 1. The molecule has 2 rings (SSSR count). The van der Waals surface area contributed by atoms with Crippen molar-refractivity contribution in [1.29, 1.82) is 0 Å². The second-order valence-corrected chi connectivity index (χ2v) is 5.07. The van der Waals surface area contributed by atoms with E-state index in [1.54, 1.807) is 0 Å². The lowest BCUT2D eigenvalue weighted by molar-refractivity contribution is -0.947. The summed E-state index contributed by atoms with van der Waals surface area (Å²) in [5, 5.41) is 9.33. The van der Waals surface area contributed by atoms with E-state index in [0.717, 1.165) is 6.04 Å². The predicted octanol–water partition coefficient (Wildman–Crippen LogP) is 1.39. The van der Waals surface area contributed by atoms with E-state index in [1.165, 1.54) is 49.7 Å². The summed E-state index contributed by atoms with van der Waals surface area (Å²) in [6.07, 6.45) is 6.70. The van der Waals surface area contributed by atoms with Crippen molar-refractivity contribution in [3.63, 3.8) is 0 Å². The lowest BCUT2D eigenvalue weighted by atomic mass is 9.82. The topological polar surface area (TPSA) is 20.2 Å². The molecule has 2 heterocycles. The number of piperidine rings is 2. The summed E-state index contributed by atoms with van der Waals surface area (Å²) in [6, 6.07) is 0.771. The van der Waals surface area contributed by atoms with Gasteiger partial charge in [-0.25, -0.2) is 0 Å². The van der Waals surface area contributed by atoms with Crippen molar-refractivity contribution in [2.75, 3.05) is 26.7 Å². The van der Waals surface area contributed by atoms with E-state index in [2.05, 4.69) is 7.05 Å². The largest absolute Gasteiger partial charge is 0.396 e. The van der Waals surface area contributed by atoms with Crippen molar-refractivity contribution >= 4 is 0 Å². The fraction of sp³-hybridized carbons (Fsp3) is 1.00. The van der Waals surface area contributed by atoms with E-state index in [4.69, 9.17) is 0 Å². The molecule has 0 aromatic heterocycles. The molecule has 0 aromatic carbocycles. The Morgan fingerprint density at radius 2 is 1.92 bits per heavy atom. The summed E-state index contributed by atoms with van der Waals surface area (Å²) in [7, 11) is 2.39. The number of aliphatic hydroxyl groups excluding tert-OH is 1. The van der Waals surface area contributed by atoms with E-state index in [0.29, 0.717) is 12.5 Å². The van der Waals surface area contributed by atoms with E-state index in [1.807, 2.05) is 0 Å². The quantitative estimate of drug-likeness (QED) is 0.611. The lowest BCUT2D eigenvalue weighted by Gasteiger charge is -2.50. The van der Waals surface area contributed by atoms with Crippen LogP contribution in [0.15, 0.2) is 0 Å². The predicted molar refractivity (Wildman–Crippen MR) is 53.4 cm³/mol. The molecule has 0 amide bonds. The second-order valence-electron chi connectivity index (χ2n) is 5.07. The first-order valence-electron chi connectivity index (χ1n) is 5.71. The van der Waals surface area contributed by atoms with Gasteiger partial charge in [0.05, 0.1) is 32.8 Å². The van der Waals surface area contributed by atoms with Crippen LogP contribution in [0, 0.1) is 5.92 Å². The van der Waals surface area contributed by atoms with Crippen LogP contribution in [0.25, 0.3) is 0 Å². The molecular weight excluding hydrogens is 162 g/mol. The first-order valence-corrected chi connectivity index (χ1v) is 5.71. The van der Waals surface area contributed by atoms with Crippen molar-refractivity contribution in [1.82, 2.24) is 0 Å². The third-order valence-electron chi connectivity index (χ3n) is 4.24. The molecule has 2 heteroatoms. The van der Waals surface area contributed by atoms with Crippen LogP contribution in [0.2, 0.25) is 0 Å². The lowest BCUT2D eigenvalue weighted by Crippen LogP contribution is -2.61. The Bertz CT molecular complexity index is 179. The van der Waals surface area contributed by atoms with Gasteiger partial charge in [-0.2, -0.15) is 0 Å². The van der Waals surface area contributed by atoms with Gasteiger partial charge in [-0.3, -0.25) is 0 Å². The average molecular weight is 184 g/mol. The number of nitrogens with zero attached hydrogens (tertiary/aromatic N) is 1. The molecule has 2 fully saturated rings. The standard InChI is InChI=1S/C11H22NO/c1-12-7-3-2-6-11(12)10(9-13)5-4-8-12/h10-11,13H,2-9H2,1H3/q+1/t10-,11+,12+/m0/s1. The molecule has 0 aliphatic carbocycles. The van der Waals surface area contributed by atoms with Crippen LogP contribution in [0.4, 0.5) is 0 Å². The molecule has 0 spiro atoms. The third kappa shape index (κ3) is 1.62. The summed E-state index contributed by atoms with van der Waals surface area (Å²) in [5.74, 6) is 0.596. The van der Waals surface area contributed by atoms with Gasteiger partial charge in [-0.05, 0) is 25.7 Å². The fourth-order valence-electron chi connectivity index (χ4n) is 3.45. The Balaban J connectivity index is 2.11. The molecule has 2 nitrogen and oxygen atoms in total. The van der Waals surface area contributed by atoms with Gasteiger partial charge in [0.25, 0.3) is 0 Å². The van der Waals surface area contributed by atoms with Crippen molar-refractivity contribution < 1.29 is 9.59 Å². The molecule has 2 aliphatic heterocycles. The first-order chi connectivity index (χ1) is 6.26. The van der Waals surface area contributed by atoms with E-state index >= 15 is 0 Å². The van der Waals surface area contributed by atoms with Crippen molar-refractivity contribution in [3.8, 4) is 0 Å². The molecule has 1 N–H and O–H groups in total. The molecule has 0 bridgehead atoms. The maximum atomic E-state index is 9.33. The molecule has 3 atom stereocenters. The van der Waals surface area contributed by atoms with Crippen LogP contribution in [-0.2, 0) is 0 Å². The summed E-state index contributed by atoms with van der Waals surface area (Å²) < 4.78 is 1.26. The monoisotopic (exact) mass is 184 g/mol. The number of aliphatic hydroxyl groups is 1. The maximum absolute atomic E-state index is 9.33. The summed E-state index contributed by atoms with van der Waals surface area (Å²) in [4.78, 5) is 0. The normalized spacial score (nSPS) is 45.7. The SMILES string of the molecule is C[N@+]12CCCC[C@@H]1[C@H](CO)CCC2. The van der Waals surface area contributed by atoms with Crippen LogP contribution < -0.4 is 0 Å². The highest BCUT2D eigenvalue weighted by Crippen LogP contribution is 2.35.